The van der Waals surface area contributed by atoms with E-state index in [4.69, 9.17) is 13.9 Å². The molecule has 1 atom stereocenters. The summed E-state index contributed by atoms with van der Waals surface area (Å²) in [5.41, 5.74) is 0.620. The maximum atomic E-state index is 13.4. The Balaban J connectivity index is 2.06. The van der Waals surface area contributed by atoms with E-state index in [2.05, 4.69) is 6.58 Å². The highest BCUT2D eigenvalue weighted by atomic mass is 16.5. The molecule has 0 saturated carbocycles. The smallest absolute Gasteiger partial charge is 0.290 e. The lowest BCUT2D eigenvalue weighted by Gasteiger charge is -2.28. The van der Waals surface area contributed by atoms with Crippen LogP contribution in [0.2, 0.25) is 0 Å². The molecule has 1 N–H and O–H groups in total. The van der Waals surface area contributed by atoms with Crippen molar-refractivity contribution in [3.63, 3.8) is 0 Å². The molecule has 0 radical (unpaired) electrons. The Morgan fingerprint density at radius 2 is 2.00 bits per heavy atom. The average Bonchev–Trinajstić information content (AvgIpc) is 3.34. The number of aliphatic hydroxyl groups excluding tert-OH is 1. The van der Waals surface area contributed by atoms with Crippen molar-refractivity contribution in [3.05, 3.63) is 71.4 Å². The third-order valence-corrected chi connectivity index (χ3v) is 5.46. The SMILES string of the molecule is C=CCOc1ccc(C2C(C(=O)c3ccc(C)o3)=C(O)C(=O)N2CCCN(C)C)cc1OCC. The molecule has 2 aromatic rings. The van der Waals surface area contributed by atoms with Gasteiger partial charge in [-0.3, -0.25) is 9.59 Å². The number of amides is 1. The molecule has 0 aliphatic carbocycles. The molecule has 1 unspecified atom stereocenters. The number of hydrogen-bond acceptors (Lipinski definition) is 7. The quantitative estimate of drug-likeness (QED) is 0.371. The van der Waals surface area contributed by atoms with Crippen LogP contribution in [0.25, 0.3) is 0 Å². The maximum absolute atomic E-state index is 13.4. The third kappa shape index (κ3) is 5.34. The lowest BCUT2D eigenvalue weighted by atomic mass is 9.94. The molecule has 8 heteroatoms. The predicted octanol–water partition coefficient (Wildman–Crippen LogP) is 4.08. The number of nitrogens with zero attached hydrogens (tertiary/aromatic N) is 2. The van der Waals surface area contributed by atoms with Crippen LogP contribution >= 0.6 is 0 Å². The van der Waals surface area contributed by atoms with Gasteiger partial charge in [0.15, 0.2) is 23.0 Å². The first-order valence-electron chi connectivity index (χ1n) is 11.3. The predicted molar refractivity (Wildman–Crippen MR) is 128 cm³/mol. The van der Waals surface area contributed by atoms with Crippen LogP contribution in [-0.4, -0.2) is 67.0 Å². The number of benzene rings is 1. The van der Waals surface area contributed by atoms with E-state index in [-0.39, 0.29) is 11.3 Å². The van der Waals surface area contributed by atoms with Crippen molar-refractivity contribution in [2.75, 3.05) is 40.4 Å². The zero-order chi connectivity index (χ0) is 24.8. The number of aliphatic hydroxyl groups is 1. The second kappa shape index (κ2) is 11.1. The Labute approximate surface area is 200 Å². The summed E-state index contributed by atoms with van der Waals surface area (Å²) in [5.74, 6) is -0.0214. The van der Waals surface area contributed by atoms with Crippen molar-refractivity contribution in [1.82, 2.24) is 9.80 Å². The zero-order valence-electron chi connectivity index (χ0n) is 20.2. The third-order valence-electron chi connectivity index (χ3n) is 5.46. The van der Waals surface area contributed by atoms with Crippen LogP contribution in [0.5, 0.6) is 11.5 Å². The summed E-state index contributed by atoms with van der Waals surface area (Å²) in [6.45, 7) is 9.07. The lowest BCUT2D eigenvalue weighted by molar-refractivity contribution is -0.129. The number of Topliss-reactive ketones (excluding diaryl/α,β-unsaturated/α-hetero) is 1. The Bertz CT molecular complexity index is 1080. The van der Waals surface area contributed by atoms with Gasteiger partial charge in [-0.25, -0.2) is 0 Å². The fourth-order valence-corrected chi connectivity index (χ4v) is 3.94. The van der Waals surface area contributed by atoms with Crippen LogP contribution in [0.3, 0.4) is 0 Å². The van der Waals surface area contributed by atoms with Gasteiger partial charge in [0.05, 0.1) is 18.2 Å². The van der Waals surface area contributed by atoms with E-state index >= 15 is 0 Å². The summed E-state index contributed by atoms with van der Waals surface area (Å²) in [6.07, 6.45) is 2.30. The number of aryl methyl sites for hydroxylation is 1. The molecule has 2 heterocycles. The van der Waals surface area contributed by atoms with Crippen LogP contribution in [0, 0.1) is 6.92 Å². The van der Waals surface area contributed by atoms with E-state index in [1.807, 2.05) is 25.9 Å². The van der Waals surface area contributed by atoms with Gasteiger partial charge < -0.3 is 28.8 Å². The number of rotatable bonds is 12. The van der Waals surface area contributed by atoms with Crippen LogP contribution in [0.4, 0.5) is 0 Å². The monoisotopic (exact) mass is 468 g/mol. The van der Waals surface area contributed by atoms with E-state index in [0.717, 1.165) is 6.54 Å². The van der Waals surface area contributed by atoms with Gasteiger partial charge in [-0.1, -0.05) is 18.7 Å². The van der Waals surface area contributed by atoms with Gasteiger partial charge in [-0.15, -0.1) is 0 Å². The lowest BCUT2D eigenvalue weighted by Crippen LogP contribution is -2.33. The largest absolute Gasteiger partial charge is 0.503 e. The van der Waals surface area contributed by atoms with Crippen molar-refractivity contribution in [2.45, 2.75) is 26.3 Å². The minimum absolute atomic E-state index is 0.00795. The molecule has 0 saturated heterocycles. The van der Waals surface area contributed by atoms with Gasteiger partial charge in [0.1, 0.15) is 12.4 Å². The van der Waals surface area contributed by atoms with Gasteiger partial charge in [0.2, 0.25) is 5.78 Å². The molecule has 182 valence electrons. The zero-order valence-corrected chi connectivity index (χ0v) is 20.2. The van der Waals surface area contributed by atoms with Crippen molar-refractivity contribution in [1.29, 1.82) is 0 Å². The number of ether oxygens (including phenoxy) is 2. The van der Waals surface area contributed by atoms with Crippen LogP contribution < -0.4 is 9.47 Å². The summed E-state index contributed by atoms with van der Waals surface area (Å²) in [6, 6.07) is 7.69. The maximum Gasteiger partial charge on any atom is 0.290 e. The summed E-state index contributed by atoms with van der Waals surface area (Å²) in [5, 5.41) is 10.8. The van der Waals surface area contributed by atoms with Crippen LogP contribution in [0.15, 0.2) is 58.7 Å². The van der Waals surface area contributed by atoms with Gasteiger partial charge >= 0.3 is 0 Å². The second-order valence-electron chi connectivity index (χ2n) is 8.30. The minimum atomic E-state index is -0.791. The van der Waals surface area contributed by atoms with Gasteiger partial charge in [-0.2, -0.15) is 0 Å². The minimum Gasteiger partial charge on any atom is -0.503 e. The van der Waals surface area contributed by atoms with Gasteiger partial charge in [-0.05, 0) is 70.7 Å². The van der Waals surface area contributed by atoms with Crippen molar-refractivity contribution < 1.29 is 28.6 Å². The molecule has 0 bridgehead atoms. The summed E-state index contributed by atoms with van der Waals surface area (Å²) < 4.78 is 17.0. The number of ketones is 1. The fourth-order valence-electron chi connectivity index (χ4n) is 3.94. The second-order valence-corrected chi connectivity index (χ2v) is 8.30. The van der Waals surface area contributed by atoms with Crippen LogP contribution in [0.1, 0.15) is 41.3 Å². The van der Waals surface area contributed by atoms with E-state index < -0.39 is 23.5 Å². The number of furan rings is 1. The Morgan fingerprint density at radius 3 is 2.62 bits per heavy atom. The molecular formula is C26H32N2O6. The molecule has 0 spiro atoms. The highest BCUT2D eigenvalue weighted by Crippen LogP contribution is 2.42. The summed E-state index contributed by atoms with van der Waals surface area (Å²) >= 11 is 0. The number of carbonyl (C=O) groups excluding carboxylic acids is 2. The Kier molecular flexibility index (Phi) is 8.17. The van der Waals surface area contributed by atoms with Crippen molar-refractivity contribution in [3.8, 4) is 11.5 Å². The van der Waals surface area contributed by atoms with E-state index in [9.17, 15) is 14.7 Å². The number of hydrogen-bond donors (Lipinski definition) is 1. The van der Waals surface area contributed by atoms with Gasteiger partial charge in [0.25, 0.3) is 5.91 Å². The normalized spacial score (nSPS) is 15.9. The number of carbonyl (C=O) groups is 2. The molecule has 1 aliphatic heterocycles. The molecule has 1 aromatic heterocycles. The summed E-state index contributed by atoms with van der Waals surface area (Å²) in [4.78, 5) is 30.0. The molecule has 1 aromatic carbocycles. The first kappa shape index (κ1) is 25.1. The average molecular weight is 469 g/mol. The molecule has 1 aliphatic rings. The fraction of sp³-hybridized carbons (Fsp3) is 0.385. The topological polar surface area (TPSA) is 92.5 Å². The highest BCUT2D eigenvalue weighted by molar-refractivity contribution is 6.15. The first-order valence-corrected chi connectivity index (χ1v) is 11.3. The molecule has 3 rings (SSSR count). The summed E-state index contributed by atoms with van der Waals surface area (Å²) in [7, 11) is 3.90. The Hall–Kier alpha value is -3.52. The molecule has 1 amide bonds. The molecule has 0 fully saturated rings. The van der Waals surface area contributed by atoms with Crippen molar-refractivity contribution >= 4 is 11.7 Å². The Morgan fingerprint density at radius 1 is 1.24 bits per heavy atom. The van der Waals surface area contributed by atoms with E-state index in [1.54, 1.807) is 43.3 Å². The standard InChI is InChI=1S/C26H32N2O6/c1-6-15-33-19-12-10-18(16-21(19)32-7-2)23-22(24(29)20-11-9-17(3)34-20)25(30)26(31)28(23)14-8-13-27(4)5/h6,9-12,16,23,30H,1,7-8,13-15H2,2-5H3. The molecule has 8 nitrogen and oxygen atoms in total. The molecular weight excluding hydrogens is 436 g/mol. The van der Waals surface area contributed by atoms with Crippen LogP contribution in [-0.2, 0) is 4.79 Å². The highest BCUT2D eigenvalue weighted by Gasteiger charge is 2.44. The van der Waals surface area contributed by atoms with E-state index in [1.165, 1.54) is 4.90 Å². The molecule has 34 heavy (non-hydrogen) atoms. The first-order chi connectivity index (χ1) is 16.3. The van der Waals surface area contributed by atoms with Gasteiger partial charge in [0, 0.05) is 6.54 Å². The van der Waals surface area contributed by atoms with Crippen molar-refractivity contribution in [2.24, 2.45) is 0 Å². The van der Waals surface area contributed by atoms with E-state index in [0.29, 0.717) is 49.0 Å².